The number of imide groups is 1. The number of fused-ring (bicyclic) bond motifs is 1. The molecule has 0 bridgehead atoms. The maximum atomic E-state index is 12.3. The predicted octanol–water partition coefficient (Wildman–Crippen LogP) is 4.55. The molecule has 0 spiro atoms. The van der Waals surface area contributed by atoms with Crippen molar-refractivity contribution in [2.45, 2.75) is 0 Å². The van der Waals surface area contributed by atoms with Crippen molar-refractivity contribution in [1.29, 1.82) is 0 Å². The Bertz CT molecular complexity index is 972. The summed E-state index contributed by atoms with van der Waals surface area (Å²) >= 11 is 0. The van der Waals surface area contributed by atoms with Crippen LogP contribution in [0.3, 0.4) is 0 Å². The van der Waals surface area contributed by atoms with E-state index in [0.29, 0.717) is 11.3 Å². The van der Waals surface area contributed by atoms with E-state index in [1.54, 1.807) is 24.3 Å². The summed E-state index contributed by atoms with van der Waals surface area (Å²) in [7, 11) is 0. The third-order valence-corrected chi connectivity index (χ3v) is 4.24. The molecule has 1 heterocycles. The first-order chi connectivity index (χ1) is 12.2. The minimum atomic E-state index is -0.323. The zero-order valence-corrected chi connectivity index (χ0v) is 13.4. The van der Waals surface area contributed by atoms with Crippen molar-refractivity contribution in [3.05, 3.63) is 96.1 Å². The lowest BCUT2D eigenvalue weighted by Crippen LogP contribution is -2.44. The number of para-hydroxylation sites is 1. The second-order valence-corrected chi connectivity index (χ2v) is 5.82. The smallest absolute Gasteiger partial charge is 0.267 e. The maximum Gasteiger partial charge on any atom is 0.267 e. The van der Waals surface area contributed by atoms with Gasteiger partial charge in [-0.05, 0) is 34.9 Å². The Morgan fingerprint density at radius 3 is 2.16 bits per heavy atom. The van der Waals surface area contributed by atoms with Gasteiger partial charge in [0.25, 0.3) is 11.8 Å². The van der Waals surface area contributed by atoms with Crippen molar-refractivity contribution in [3.8, 4) is 11.1 Å². The van der Waals surface area contributed by atoms with Crippen LogP contribution < -0.4 is 4.90 Å². The van der Waals surface area contributed by atoms with Gasteiger partial charge in [0.1, 0.15) is 0 Å². The monoisotopic (exact) mass is 325 g/mol. The van der Waals surface area contributed by atoms with Gasteiger partial charge in [0.05, 0.1) is 11.3 Å². The van der Waals surface area contributed by atoms with E-state index in [-0.39, 0.29) is 11.8 Å². The summed E-state index contributed by atoms with van der Waals surface area (Å²) < 4.78 is 0. The summed E-state index contributed by atoms with van der Waals surface area (Å²) in [5, 5.41) is 0. The molecule has 3 aromatic rings. The van der Waals surface area contributed by atoms with Crippen LogP contribution in [0.1, 0.15) is 15.9 Å². The Balaban J connectivity index is 1.49. The van der Waals surface area contributed by atoms with Gasteiger partial charge in [-0.25, -0.2) is 4.90 Å². The molecule has 25 heavy (non-hydrogen) atoms. The van der Waals surface area contributed by atoms with Crippen LogP contribution in [0.15, 0.2) is 84.9 Å². The number of hydrogen-bond donors (Lipinski definition) is 0. The fourth-order valence-corrected chi connectivity index (χ4v) is 2.90. The maximum absolute atomic E-state index is 12.3. The molecule has 120 valence electrons. The molecule has 0 saturated carbocycles. The molecule has 0 radical (unpaired) electrons. The third kappa shape index (κ3) is 2.76. The van der Waals surface area contributed by atoms with E-state index < -0.39 is 0 Å². The molecule has 3 heteroatoms. The average molecular weight is 325 g/mol. The van der Waals surface area contributed by atoms with Crippen LogP contribution in [0.25, 0.3) is 17.2 Å². The summed E-state index contributed by atoms with van der Waals surface area (Å²) in [4.78, 5) is 25.5. The number of carbonyl (C=O) groups is 2. The molecule has 0 aliphatic carbocycles. The van der Waals surface area contributed by atoms with Crippen molar-refractivity contribution in [2.75, 3.05) is 4.90 Å². The van der Waals surface area contributed by atoms with Crippen LogP contribution in [0.5, 0.6) is 0 Å². The minimum Gasteiger partial charge on any atom is -0.269 e. The van der Waals surface area contributed by atoms with Crippen molar-refractivity contribution >= 4 is 23.6 Å². The predicted molar refractivity (Wildman–Crippen MR) is 99.2 cm³/mol. The highest BCUT2D eigenvalue weighted by atomic mass is 16.2. The van der Waals surface area contributed by atoms with E-state index in [4.69, 9.17) is 0 Å². The Kier molecular flexibility index (Phi) is 3.75. The van der Waals surface area contributed by atoms with E-state index in [1.165, 1.54) is 11.0 Å². The topological polar surface area (TPSA) is 37.4 Å². The summed E-state index contributed by atoms with van der Waals surface area (Å²) in [5.41, 5.74) is 4.44. The van der Waals surface area contributed by atoms with Crippen LogP contribution in [-0.4, -0.2) is 11.8 Å². The summed E-state index contributed by atoms with van der Waals surface area (Å²) in [5.74, 6) is -0.569. The number of nitrogens with zero attached hydrogens (tertiary/aromatic N) is 1. The summed E-state index contributed by atoms with van der Waals surface area (Å²) in [6, 6.07) is 25.2. The first-order valence-electron chi connectivity index (χ1n) is 8.05. The van der Waals surface area contributed by atoms with Gasteiger partial charge in [-0.15, -0.1) is 0 Å². The van der Waals surface area contributed by atoms with Crippen molar-refractivity contribution < 1.29 is 9.59 Å². The molecule has 0 unspecified atom stereocenters. The Morgan fingerprint density at radius 1 is 0.760 bits per heavy atom. The number of carbonyl (C=O) groups excluding carboxylic acids is 2. The fourth-order valence-electron chi connectivity index (χ4n) is 2.90. The van der Waals surface area contributed by atoms with Crippen molar-refractivity contribution in [1.82, 2.24) is 0 Å². The molecule has 0 saturated heterocycles. The summed E-state index contributed by atoms with van der Waals surface area (Å²) in [6.45, 7) is 0. The molecule has 2 amide bonds. The Morgan fingerprint density at radius 2 is 1.40 bits per heavy atom. The molecule has 4 rings (SSSR count). The third-order valence-electron chi connectivity index (χ3n) is 4.24. The van der Waals surface area contributed by atoms with E-state index in [9.17, 15) is 9.59 Å². The molecule has 0 atom stereocenters. The normalized spacial score (nSPS) is 12.8. The van der Waals surface area contributed by atoms with Crippen molar-refractivity contribution in [3.63, 3.8) is 0 Å². The second-order valence-electron chi connectivity index (χ2n) is 5.82. The van der Waals surface area contributed by atoms with E-state index in [0.717, 1.165) is 16.7 Å². The molecule has 0 fully saturated rings. The fraction of sp³-hybridized carbons (Fsp3) is 0. The van der Waals surface area contributed by atoms with Crippen LogP contribution >= 0.6 is 0 Å². The first-order valence-corrected chi connectivity index (χ1v) is 8.05. The van der Waals surface area contributed by atoms with Gasteiger partial charge < -0.3 is 0 Å². The zero-order valence-electron chi connectivity index (χ0n) is 13.4. The number of rotatable bonds is 3. The molecule has 3 aromatic carbocycles. The Labute approximate surface area is 145 Å². The lowest BCUT2D eigenvalue weighted by molar-refractivity contribution is -0.113. The molecule has 0 N–H and O–H groups in total. The van der Waals surface area contributed by atoms with E-state index >= 15 is 0 Å². The molecule has 0 aromatic heterocycles. The Hall–Kier alpha value is -3.46. The first kappa shape index (κ1) is 15.1. The van der Waals surface area contributed by atoms with Gasteiger partial charge in [-0.1, -0.05) is 66.7 Å². The highest BCUT2D eigenvalue weighted by Crippen LogP contribution is 2.32. The van der Waals surface area contributed by atoms with Gasteiger partial charge in [-0.3, -0.25) is 9.59 Å². The number of amides is 2. The van der Waals surface area contributed by atoms with Crippen LogP contribution in [0.2, 0.25) is 0 Å². The quantitative estimate of drug-likeness (QED) is 0.662. The highest BCUT2D eigenvalue weighted by molar-refractivity contribution is 6.33. The van der Waals surface area contributed by atoms with Gasteiger partial charge in [-0.2, -0.15) is 0 Å². The molecule has 1 aliphatic heterocycles. The standard InChI is InChI=1S/C22H15NO2/c24-21(23-20-9-5-4-8-19(20)22(23)25)15-12-16-10-13-18(14-11-16)17-6-2-1-3-7-17/h1-15H/b15-12+. The van der Waals surface area contributed by atoms with Gasteiger partial charge in [0, 0.05) is 6.08 Å². The van der Waals surface area contributed by atoms with Crippen molar-refractivity contribution in [2.24, 2.45) is 0 Å². The average Bonchev–Trinajstić information content (AvgIpc) is 2.67. The molecule has 3 nitrogen and oxygen atoms in total. The van der Waals surface area contributed by atoms with E-state index in [1.807, 2.05) is 48.5 Å². The SMILES string of the molecule is O=C(/C=C/c1ccc(-c2ccccc2)cc1)N1C(=O)c2ccccc21. The van der Waals surface area contributed by atoms with Gasteiger partial charge in [0.15, 0.2) is 0 Å². The van der Waals surface area contributed by atoms with Gasteiger partial charge in [0.2, 0.25) is 0 Å². The second kappa shape index (κ2) is 6.21. The van der Waals surface area contributed by atoms with Crippen LogP contribution in [-0.2, 0) is 4.79 Å². The number of anilines is 1. The molecular formula is C22H15NO2. The largest absolute Gasteiger partial charge is 0.269 e. The highest BCUT2D eigenvalue weighted by Gasteiger charge is 2.35. The van der Waals surface area contributed by atoms with E-state index in [2.05, 4.69) is 12.1 Å². The number of hydrogen-bond acceptors (Lipinski definition) is 2. The summed E-state index contributed by atoms with van der Waals surface area (Å²) in [6.07, 6.45) is 3.16. The molecule has 1 aliphatic rings. The lowest BCUT2D eigenvalue weighted by Gasteiger charge is -2.30. The lowest BCUT2D eigenvalue weighted by atomic mass is 10.0. The number of benzene rings is 3. The van der Waals surface area contributed by atoms with Crippen LogP contribution in [0.4, 0.5) is 5.69 Å². The molecular weight excluding hydrogens is 310 g/mol. The zero-order chi connectivity index (χ0) is 17.2. The van der Waals surface area contributed by atoms with Gasteiger partial charge >= 0.3 is 0 Å². The van der Waals surface area contributed by atoms with Crippen LogP contribution in [0, 0.1) is 0 Å². The minimum absolute atomic E-state index is 0.246.